The van der Waals surface area contributed by atoms with Crippen molar-refractivity contribution in [3.8, 4) is 0 Å². The Morgan fingerprint density at radius 3 is 2.50 bits per heavy atom. The third-order valence-corrected chi connectivity index (χ3v) is 0.545. The molecule has 39 valence electrons. The molecule has 1 rings (SSSR count). The van der Waals surface area contributed by atoms with Gasteiger partial charge in [0.15, 0.2) is 0 Å². The summed E-state index contributed by atoms with van der Waals surface area (Å²) >= 11 is 0. The van der Waals surface area contributed by atoms with E-state index in [0.717, 1.165) is 0 Å². The fourth-order valence-corrected chi connectivity index (χ4v) is 0.304. The minimum absolute atomic E-state index is 0. The third kappa shape index (κ3) is 1.81. The SMILES string of the molecule is Cc1n[nH]c(=O)o1.[Na]. The van der Waals surface area contributed by atoms with E-state index in [1.54, 1.807) is 6.92 Å². The van der Waals surface area contributed by atoms with Gasteiger partial charge in [0.1, 0.15) is 0 Å². The predicted molar refractivity (Wildman–Crippen MR) is 27.6 cm³/mol. The molecular weight excluding hydrogens is 119 g/mol. The molecule has 0 amide bonds. The van der Waals surface area contributed by atoms with Crippen LogP contribution in [-0.2, 0) is 0 Å². The van der Waals surface area contributed by atoms with Gasteiger partial charge in [-0.3, -0.25) is 0 Å². The Kier molecular flexibility index (Phi) is 3.04. The zero-order valence-electron chi connectivity index (χ0n) is 4.76. The average molecular weight is 123 g/mol. The Hall–Kier alpha value is -0.0600. The van der Waals surface area contributed by atoms with Crippen molar-refractivity contribution in [2.45, 2.75) is 6.92 Å². The van der Waals surface area contributed by atoms with Gasteiger partial charge in [0.25, 0.3) is 0 Å². The fourth-order valence-electron chi connectivity index (χ4n) is 0.304. The monoisotopic (exact) mass is 123 g/mol. The van der Waals surface area contributed by atoms with Gasteiger partial charge >= 0.3 is 5.76 Å². The van der Waals surface area contributed by atoms with Crippen molar-refractivity contribution < 1.29 is 4.42 Å². The van der Waals surface area contributed by atoms with Crippen molar-refractivity contribution in [2.24, 2.45) is 0 Å². The van der Waals surface area contributed by atoms with E-state index in [1.807, 2.05) is 0 Å². The fraction of sp³-hybridized carbons (Fsp3) is 0.333. The van der Waals surface area contributed by atoms with Crippen molar-refractivity contribution in [2.75, 3.05) is 0 Å². The summed E-state index contributed by atoms with van der Waals surface area (Å²) in [5.41, 5.74) is 0. The molecule has 1 aromatic heterocycles. The second-order valence-electron chi connectivity index (χ2n) is 1.13. The Morgan fingerprint density at radius 1 is 1.75 bits per heavy atom. The molecule has 0 aliphatic rings. The number of aromatic amines is 1. The molecule has 0 spiro atoms. The van der Waals surface area contributed by atoms with E-state index in [0.29, 0.717) is 5.89 Å². The molecule has 1 heterocycles. The van der Waals surface area contributed by atoms with Crippen LogP contribution in [0.5, 0.6) is 0 Å². The van der Waals surface area contributed by atoms with E-state index in [4.69, 9.17) is 0 Å². The number of rotatable bonds is 0. The second kappa shape index (κ2) is 3.06. The molecule has 0 fully saturated rings. The number of aromatic nitrogens is 2. The first-order chi connectivity index (χ1) is 3.29. The van der Waals surface area contributed by atoms with Crippen LogP contribution in [0.4, 0.5) is 0 Å². The molecule has 8 heavy (non-hydrogen) atoms. The number of nitrogens with one attached hydrogen (secondary N) is 1. The zero-order valence-corrected chi connectivity index (χ0v) is 6.76. The van der Waals surface area contributed by atoms with Crippen LogP contribution in [0.1, 0.15) is 5.89 Å². The summed E-state index contributed by atoms with van der Waals surface area (Å²) in [6.45, 7) is 1.60. The van der Waals surface area contributed by atoms with Gasteiger partial charge in [-0.2, -0.15) is 0 Å². The quantitative estimate of drug-likeness (QED) is 0.463. The maximum absolute atomic E-state index is 10.0. The van der Waals surface area contributed by atoms with Crippen molar-refractivity contribution in [3.05, 3.63) is 16.4 Å². The molecule has 0 aliphatic carbocycles. The number of H-pyrrole nitrogens is 1. The summed E-state index contributed by atoms with van der Waals surface area (Å²) in [5, 5.41) is 5.51. The van der Waals surface area contributed by atoms with E-state index < -0.39 is 5.76 Å². The van der Waals surface area contributed by atoms with Crippen LogP contribution in [0.25, 0.3) is 0 Å². The number of nitrogens with zero attached hydrogens (tertiary/aromatic N) is 1. The molecule has 0 saturated carbocycles. The smallest absolute Gasteiger partial charge is 0.393 e. The molecule has 0 bridgehead atoms. The third-order valence-electron chi connectivity index (χ3n) is 0.545. The zero-order chi connectivity index (χ0) is 5.28. The van der Waals surface area contributed by atoms with E-state index in [2.05, 4.69) is 14.6 Å². The van der Waals surface area contributed by atoms with E-state index in [-0.39, 0.29) is 29.6 Å². The van der Waals surface area contributed by atoms with E-state index in [1.165, 1.54) is 0 Å². The van der Waals surface area contributed by atoms with Crippen LogP contribution in [0.3, 0.4) is 0 Å². The molecule has 0 atom stereocenters. The van der Waals surface area contributed by atoms with Crippen LogP contribution in [0.2, 0.25) is 0 Å². The van der Waals surface area contributed by atoms with Crippen LogP contribution >= 0.6 is 0 Å². The van der Waals surface area contributed by atoms with Gasteiger partial charge in [0, 0.05) is 36.5 Å². The minimum atomic E-state index is -0.502. The molecule has 1 aromatic rings. The number of hydrogen-bond donors (Lipinski definition) is 1. The molecule has 0 unspecified atom stereocenters. The number of aryl methyl sites for hydroxylation is 1. The van der Waals surface area contributed by atoms with Crippen molar-refractivity contribution in [1.82, 2.24) is 10.2 Å². The van der Waals surface area contributed by atoms with Gasteiger partial charge in [-0.15, -0.1) is 5.10 Å². The van der Waals surface area contributed by atoms with Crippen molar-refractivity contribution in [3.63, 3.8) is 0 Å². The summed E-state index contributed by atoms with van der Waals surface area (Å²) < 4.78 is 4.36. The molecule has 0 aliphatic heterocycles. The van der Waals surface area contributed by atoms with Gasteiger partial charge in [0.2, 0.25) is 5.89 Å². The Balaban J connectivity index is 0.000000490. The average Bonchev–Trinajstić information content (AvgIpc) is 1.87. The summed E-state index contributed by atoms with van der Waals surface area (Å²) in [6.07, 6.45) is 0. The first kappa shape index (κ1) is 7.94. The van der Waals surface area contributed by atoms with Gasteiger partial charge in [-0.05, 0) is 0 Å². The first-order valence-electron chi connectivity index (χ1n) is 1.81. The first-order valence-corrected chi connectivity index (χ1v) is 1.81. The summed E-state index contributed by atoms with van der Waals surface area (Å²) in [6, 6.07) is 0. The van der Waals surface area contributed by atoms with Crippen LogP contribution < -0.4 is 5.76 Å². The molecule has 4 nitrogen and oxygen atoms in total. The normalized spacial score (nSPS) is 8.12. The van der Waals surface area contributed by atoms with Gasteiger partial charge < -0.3 is 4.42 Å². The summed E-state index contributed by atoms with van der Waals surface area (Å²) in [5.74, 6) is -0.137. The maximum Gasteiger partial charge on any atom is 0.434 e. The Bertz CT molecular complexity index is 203. The molecule has 0 aromatic carbocycles. The van der Waals surface area contributed by atoms with Crippen LogP contribution in [0, 0.1) is 6.92 Å². The Morgan fingerprint density at radius 2 is 2.38 bits per heavy atom. The molecule has 1 N–H and O–H groups in total. The topological polar surface area (TPSA) is 58.9 Å². The van der Waals surface area contributed by atoms with E-state index >= 15 is 0 Å². The minimum Gasteiger partial charge on any atom is -0.393 e. The molecule has 1 radical (unpaired) electrons. The van der Waals surface area contributed by atoms with Crippen molar-refractivity contribution >= 4 is 29.6 Å². The second-order valence-corrected chi connectivity index (χ2v) is 1.13. The summed E-state index contributed by atoms with van der Waals surface area (Å²) in [7, 11) is 0. The van der Waals surface area contributed by atoms with Gasteiger partial charge in [-0.1, -0.05) is 0 Å². The van der Waals surface area contributed by atoms with Gasteiger partial charge in [0.05, 0.1) is 0 Å². The van der Waals surface area contributed by atoms with Crippen LogP contribution in [0.15, 0.2) is 9.21 Å². The van der Waals surface area contributed by atoms with Crippen LogP contribution in [-0.4, -0.2) is 39.8 Å². The summed E-state index contributed by atoms with van der Waals surface area (Å²) in [4.78, 5) is 10.0. The van der Waals surface area contributed by atoms with Crippen molar-refractivity contribution in [1.29, 1.82) is 0 Å². The standard InChI is InChI=1S/C3H4N2O2.Na/c1-2-4-5-3(6)7-2;/h1H3,(H,5,6);. The maximum atomic E-state index is 10.0. The molecule has 0 saturated heterocycles. The number of hydrogen-bond acceptors (Lipinski definition) is 3. The largest absolute Gasteiger partial charge is 0.434 e. The molecular formula is C3H4N2NaO2. The molecule has 5 heteroatoms. The predicted octanol–water partition coefficient (Wildman–Crippen LogP) is -0.709. The van der Waals surface area contributed by atoms with Gasteiger partial charge in [-0.25, -0.2) is 9.89 Å². The Labute approximate surface area is 67.6 Å². The van der Waals surface area contributed by atoms with E-state index in [9.17, 15) is 4.79 Å².